The van der Waals surface area contributed by atoms with Crippen molar-refractivity contribution < 1.29 is 4.74 Å². The molecule has 106 valence electrons. The molecule has 1 saturated heterocycles. The maximum Gasteiger partial charge on any atom is 0.0652 e. The molecule has 2 aliphatic rings. The molecule has 3 atom stereocenters. The molecule has 1 N–H and O–H groups in total. The number of nitrogens with zero attached hydrogens (tertiary/aromatic N) is 1. The zero-order valence-corrected chi connectivity index (χ0v) is 12.5. The van der Waals surface area contributed by atoms with Crippen molar-refractivity contribution in [3.8, 4) is 0 Å². The van der Waals surface area contributed by atoms with Crippen molar-refractivity contribution in [1.29, 1.82) is 0 Å². The van der Waals surface area contributed by atoms with Gasteiger partial charge in [-0.25, -0.2) is 0 Å². The second-order valence-electron chi connectivity index (χ2n) is 6.53. The minimum absolute atomic E-state index is 0.323. The summed E-state index contributed by atoms with van der Waals surface area (Å²) in [6.07, 6.45) is 5.49. The maximum absolute atomic E-state index is 5.58. The van der Waals surface area contributed by atoms with Gasteiger partial charge in [-0.15, -0.1) is 0 Å². The molecule has 3 unspecified atom stereocenters. The van der Waals surface area contributed by atoms with Gasteiger partial charge in [0.25, 0.3) is 0 Å². The Morgan fingerprint density at radius 2 is 2.11 bits per heavy atom. The van der Waals surface area contributed by atoms with E-state index >= 15 is 0 Å². The van der Waals surface area contributed by atoms with E-state index in [1.807, 2.05) is 7.11 Å². The van der Waals surface area contributed by atoms with Crippen molar-refractivity contribution >= 4 is 0 Å². The van der Waals surface area contributed by atoms with Crippen LogP contribution in [-0.2, 0) is 4.74 Å². The number of methoxy groups -OCH3 is 1. The number of rotatable bonds is 3. The molecule has 3 nitrogen and oxygen atoms in total. The zero-order valence-electron chi connectivity index (χ0n) is 12.5. The Labute approximate surface area is 112 Å². The molecule has 1 aliphatic carbocycles. The number of hydrogen-bond acceptors (Lipinski definition) is 3. The lowest BCUT2D eigenvalue weighted by atomic mass is 9.63. The highest BCUT2D eigenvalue weighted by molar-refractivity contribution is 5.04. The smallest absolute Gasteiger partial charge is 0.0652 e. The van der Waals surface area contributed by atoms with E-state index in [-0.39, 0.29) is 0 Å². The van der Waals surface area contributed by atoms with E-state index in [0.29, 0.717) is 17.6 Å². The largest absolute Gasteiger partial charge is 0.381 e. The fraction of sp³-hybridized carbons (Fsp3) is 1.00. The van der Waals surface area contributed by atoms with Crippen LogP contribution in [0.25, 0.3) is 0 Å². The van der Waals surface area contributed by atoms with E-state index in [4.69, 9.17) is 4.74 Å². The van der Waals surface area contributed by atoms with Crippen molar-refractivity contribution in [2.75, 3.05) is 26.7 Å². The van der Waals surface area contributed by atoms with Gasteiger partial charge < -0.3 is 10.1 Å². The number of hydrogen-bond donors (Lipinski definition) is 1. The Kier molecular flexibility index (Phi) is 4.68. The molecule has 1 saturated carbocycles. The fourth-order valence-corrected chi connectivity index (χ4v) is 3.67. The minimum Gasteiger partial charge on any atom is -0.381 e. The van der Waals surface area contributed by atoms with Crippen LogP contribution in [0.4, 0.5) is 0 Å². The van der Waals surface area contributed by atoms with Crippen molar-refractivity contribution in [3.05, 3.63) is 0 Å². The quantitative estimate of drug-likeness (QED) is 0.836. The van der Waals surface area contributed by atoms with Crippen LogP contribution in [0.15, 0.2) is 0 Å². The topological polar surface area (TPSA) is 24.5 Å². The van der Waals surface area contributed by atoms with E-state index in [0.717, 1.165) is 6.04 Å². The summed E-state index contributed by atoms with van der Waals surface area (Å²) in [6.45, 7) is 10.7. The van der Waals surface area contributed by atoms with Crippen LogP contribution in [-0.4, -0.2) is 49.8 Å². The normalized spacial score (nSPS) is 37.7. The number of nitrogens with one attached hydrogen (secondary N) is 1. The Morgan fingerprint density at radius 1 is 1.33 bits per heavy atom. The lowest BCUT2D eigenvalue weighted by Crippen LogP contribution is -2.62. The first kappa shape index (κ1) is 14.3. The third-order valence-electron chi connectivity index (χ3n) is 5.16. The molecule has 3 heteroatoms. The van der Waals surface area contributed by atoms with Gasteiger partial charge in [-0.1, -0.05) is 20.8 Å². The van der Waals surface area contributed by atoms with Gasteiger partial charge in [0.05, 0.1) is 6.10 Å². The van der Waals surface area contributed by atoms with Gasteiger partial charge in [0.1, 0.15) is 0 Å². The fourth-order valence-electron chi connectivity index (χ4n) is 3.67. The van der Waals surface area contributed by atoms with Crippen molar-refractivity contribution in [3.63, 3.8) is 0 Å². The molecule has 1 aliphatic heterocycles. The Hall–Kier alpha value is -0.120. The average molecular weight is 254 g/mol. The predicted octanol–water partition coefficient (Wildman–Crippen LogP) is 2.26. The van der Waals surface area contributed by atoms with Gasteiger partial charge in [-0.3, -0.25) is 4.90 Å². The summed E-state index contributed by atoms with van der Waals surface area (Å²) in [5.41, 5.74) is 0.323. The third-order valence-corrected chi connectivity index (χ3v) is 5.16. The molecular weight excluding hydrogens is 224 g/mol. The summed E-state index contributed by atoms with van der Waals surface area (Å²) < 4.78 is 5.58. The predicted molar refractivity (Wildman–Crippen MR) is 75.9 cm³/mol. The van der Waals surface area contributed by atoms with Gasteiger partial charge in [-0.2, -0.15) is 0 Å². The SMILES string of the molecule is CCC1CCN(C2CC(OC)C2(C)C)CCCN1. The molecule has 18 heavy (non-hydrogen) atoms. The minimum atomic E-state index is 0.323. The molecule has 2 fully saturated rings. The van der Waals surface area contributed by atoms with Gasteiger partial charge in [0.2, 0.25) is 0 Å². The van der Waals surface area contributed by atoms with Crippen LogP contribution in [0.5, 0.6) is 0 Å². The Balaban J connectivity index is 1.92. The summed E-state index contributed by atoms with van der Waals surface area (Å²) in [5, 5.41) is 3.66. The van der Waals surface area contributed by atoms with Gasteiger partial charge in [-0.05, 0) is 45.3 Å². The van der Waals surface area contributed by atoms with Crippen LogP contribution < -0.4 is 5.32 Å². The third kappa shape index (κ3) is 2.73. The first-order chi connectivity index (χ1) is 8.59. The van der Waals surface area contributed by atoms with Crippen LogP contribution >= 0.6 is 0 Å². The van der Waals surface area contributed by atoms with E-state index in [2.05, 4.69) is 31.0 Å². The highest BCUT2D eigenvalue weighted by Crippen LogP contribution is 2.45. The first-order valence-electron chi connectivity index (χ1n) is 7.59. The van der Waals surface area contributed by atoms with Crippen molar-refractivity contribution in [1.82, 2.24) is 10.2 Å². The molecule has 0 spiro atoms. The summed E-state index contributed by atoms with van der Waals surface area (Å²) in [7, 11) is 1.85. The van der Waals surface area contributed by atoms with Crippen LogP contribution in [0, 0.1) is 5.41 Å². The molecule has 0 aromatic heterocycles. The lowest BCUT2D eigenvalue weighted by molar-refractivity contribution is -0.139. The molecule has 0 amide bonds. The Morgan fingerprint density at radius 3 is 2.72 bits per heavy atom. The van der Waals surface area contributed by atoms with Gasteiger partial charge >= 0.3 is 0 Å². The van der Waals surface area contributed by atoms with Crippen LogP contribution in [0.2, 0.25) is 0 Å². The molecule has 2 rings (SSSR count). The van der Waals surface area contributed by atoms with Crippen molar-refractivity contribution in [2.24, 2.45) is 5.41 Å². The maximum atomic E-state index is 5.58. The first-order valence-corrected chi connectivity index (χ1v) is 7.59. The lowest BCUT2D eigenvalue weighted by Gasteiger charge is -2.56. The van der Waals surface area contributed by atoms with Crippen molar-refractivity contribution in [2.45, 2.75) is 64.6 Å². The second kappa shape index (κ2) is 5.89. The van der Waals surface area contributed by atoms with E-state index < -0.39 is 0 Å². The number of ether oxygens (including phenoxy) is 1. The van der Waals surface area contributed by atoms with Gasteiger partial charge in [0.15, 0.2) is 0 Å². The molecule has 0 aromatic carbocycles. The Bertz CT molecular complexity index is 267. The van der Waals surface area contributed by atoms with E-state index in [9.17, 15) is 0 Å². The van der Waals surface area contributed by atoms with E-state index in [1.54, 1.807) is 0 Å². The van der Waals surface area contributed by atoms with Crippen LogP contribution in [0.3, 0.4) is 0 Å². The highest BCUT2D eigenvalue weighted by atomic mass is 16.5. The van der Waals surface area contributed by atoms with E-state index in [1.165, 1.54) is 45.3 Å². The second-order valence-corrected chi connectivity index (χ2v) is 6.53. The molecule has 0 bridgehead atoms. The summed E-state index contributed by atoms with van der Waals surface area (Å²) in [5.74, 6) is 0. The monoisotopic (exact) mass is 254 g/mol. The zero-order chi connectivity index (χ0) is 13.2. The summed E-state index contributed by atoms with van der Waals surface area (Å²) in [4.78, 5) is 2.72. The highest BCUT2D eigenvalue weighted by Gasteiger charge is 2.50. The summed E-state index contributed by atoms with van der Waals surface area (Å²) >= 11 is 0. The molecular formula is C15H30N2O. The van der Waals surface area contributed by atoms with Gasteiger partial charge in [0, 0.05) is 24.6 Å². The van der Waals surface area contributed by atoms with Crippen LogP contribution in [0.1, 0.15) is 46.5 Å². The standard InChI is InChI=1S/C15H30N2O/c1-5-12-7-10-17(9-6-8-16-12)13-11-14(18-4)15(13,2)3/h12-14,16H,5-11H2,1-4H3. The average Bonchev–Trinajstić information content (AvgIpc) is 2.31. The molecule has 0 aromatic rings. The molecule has 1 heterocycles. The summed E-state index contributed by atoms with van der Waals surface area (Å²) in [6, 6.07) is 1.44. The molecule has 0 radical (unpaired) electrons.